The van der Waals surface area contributed by atoms with Crippen LogP contribution >= 0.6 is 24.0 Å². The number of nitrogens with zero attached hydrogens (tertiary/aromatic N) is 5. The van der Waals surface area contributed by atoms with Gasteiger partial charge in [0.05, 0.1) is 38.7 Å². The van der Waals surface area contributed by atoms with E-state index in [-0.39, 0.29) is 25.0 Å². The number of thioether (sulfide) groups is 1. The van der Waals surface area contributed by atoms with Crippen molar-refractivity contribution in [1.82, 2.24) is 19.7 Å². The number of aromatic nitrogens is 1. The average Bonchev–Trinajstić information content (AvgIpc) is 2.89. The molecule has 0 unspecified atom stereocenters. The molecule has 0 spiro atoms. The first kappa shape index (κ1) is 28.3. The third-order valence-corrected chi connectivity index (χ3v) is 6.68. The Morgan fingerprint density at radius 2 is 1.51 bits per heavy atom. The van der Waals surface area contributed by atoms with Crippen LogP contribution in [0.2, 0.25) is 0 Å². The van der Waals surface area contributed by atoms with Gasteiger partial charge in [0.2, 0.25) is 0 Å². The molecule has 2 heterocycles. The van der Waals surface area contributed by atoms with Crippen molar-refractivity contribution in [2.75, 3.05) is 58.8 Å². The molecule has 37 heavy (non-hydrogen) atoms. The first-order valence-electron chi connectivity index (χ1n) is 11.6. The van der Waals surface area contributed by atoms with E-state index in [1.807, 2.05) is 57.2 Å². The molecule has 2 aromatic rings. The highest BCUT2D eigenvalue weighted by atomic mass is 32.2. The summed E-state index contributed by atoms with van der Waals surface area (Å²) in [5.41, 5.74) is 2.44. The number of ether oxygens (including phenoxy) is 2. The summed E-state index contributed by atoms with van der Waals surface area (Å²) in [5, 5.41) is 14.7. The van der Waals surface area contributed by atoms with Gasteiger partial charge >= 0.3 is 11.9 Å². The maximum Gasteiger partial charge on any atom is 0.319 e. The Bertz CT molecular complexity index is 1080. The summed E-state index contributed by atoms with van der Waals surface area (Å²) in [6, 6.07) is 13.2. The minimum atomic E-state index is -0.324. The third kappa shape index (κ3) is 9.29. The highest BCUT2D eigenvalue weighted by Crippen LogP contribution is 2.19. The summed E-state index contributed by atoms with van der Waals surface area (Å²) >= 11 is 6.85. The number of nitrogens with one attached hydrogen (secondary N) is 1. The molecule has 0 saturated heterocycles. The molecular weight excluding hydrogens is 512 g/mol. The van der Waals surface area contributed by atoms with Gasteiger partial charge in [0.25, 0.3) is 0 Å². The van der Waals surface area contributed by atoms with Crippen LogP contribution in [0.1, 0.15) is 11.4 Å². The van der Waals surface area contributed by atoms with E-state index in [0.29, 0.717) is 44.4 Å². The lowest BCUT2D eigenvalue weighted by molar-refractivity contribution is -0.142. The summed E-state index contributed by atoms with van der Waals surface area (Å²) in [7, 11) is 2.75. The highest BCUT2D eigenvalue weighted by Gasteiger charge is 2.20. The van der Waals surface area contributed by atoms with E-state index in [1.165, 1.54) is 14.2 Å². The van der Waals surface area contributed by atoms with Crippen molar-refractivity contribution in [3.8, 4) is 5.40 Å². The molecule has 12 heteroatoms. The van der Waals surface area contributed by atoms with E-state index >= 15 is 0 Å². The minimum Gasteiger partial charge on any atom is -0.468 e. The molecule has 0 radical (unpaired) electrons. The predicted octanol–water partition coefficient (Wildman–Crippen LogP) is 2.32. The molecule has 0 fully saturated rings. The van der Waals surface area contributed by atoms with Crippen molar-refractivity contribution in [2.45, 2.75) is 18.0 Å². The van der Waals surface area contributed by atoms with Crippen LogP contribution in [0.5, 0.6) is 0 Å². The van der Waals surface area contributed by atoms with Gasteiger partial charge in [-0.25, -0.2) is 0 Å². The molecule has 0 saturated carbocycles. The molecule has 3 rings (SSSR count). The number of thiocarbonyl (C=S) groups is 1. The van der Waals surface area contributed by atoms with Crippen LogP contribution in [0.3, 0.4) is 0 Å². The Hall–Kier alpha value is -3.24. The van der Waals surface area contributed by atoms with E-state index in [1.54, 1.807) is 0 Å². The summed E-state index contributed by atoms with van der Waals surface area (Å²) in [6.07, 6.45) is 0. The lowest BCUT2D eigenvalue weighted by Gasteiger charge is -2.32. The summed E-state index contributed by atoms with van der Waals surface area (Å²) in [6.45, 7) is 3.34. The number of benzene rings is 1. The topological polar surface area (TPSA) is 111 Å². The second kappa shape index (κ2) is 14.5. The van der Waals surface area contributed by atoms with Gasteiger partial charge in [0, 0.05) is 49.9 Å². The standard InChI is InChI=1S/C25H30N6O4S2/c1-34-23(32)16-29-10-12-31(25(36)28-19-6-8-22(9-7-19)37-18-26)13-11-30(17-24(33)35-2)15-21-5-3-4-20(14-29)27-21/h3-9H,10-17H2,1-2H3,(H,28,36). The van der Waals surface area contributed by atoms with Gasteiger partial charge in [-0.2, -0.15) is 5.26 Å². The van der Waals surface area contributed by atoms with Gasteiger partial charge in [-0.05, 0) is 60.4 Å². The first-order valence-corrected chi connectivity index (χ1v) is 12.9. The second-order valence-electron chi connectivity index (χ2n) is 8.33. The number of rotatable bonds is 6. The van der Waals surface area contributed by atoms with Crippen LogP contribution in [0.25, 0.3) is 0 Å². The van der Waals surface area contributed by atoms with Crippen LogP contribution < -0.4 is 5.32 Å². The molecule has 0 aliphatic carbocycles. The maximum absolute atomic E-state index is 12.1. The fraction of sp³-hybridized carbons (Fsp3) is 0.400. The van der Waals surface area contributed by atoms with Crippen molar-refractivity contribution < 1.29 is 19.1 Å². The molecule has 0 atom stereocenters. The molecule has 10 nitrogen and oxygen atoms in total. The molecule has 1 aromatic heterocycles. The minimum absolute atomic E-state index is 0.128. The van der Waals surface area contributed by atoms with Crippen LogP contribution in [0, 0.1) is 10.7 Å². The molecule has 1 N–H and O–H groups in total. The number of carbonyl (C=O) groups is 2. The van der Waals surface area contributed by atoms with Crippen molar-refractivity contribution >= 4 is 46.7 Å². The zero-order chi connectivity index (χ0) is 26.6. The Labute approximate surface area is 226 Å². The van der Waals surface area contributed by atoms with E-state index < -0.39 is 0 Å². The Kier molecular flexibility index (Phi) is 11.1. The Morgan fingerprint density at radius 3 is 2.00 bits per heavy atom. The van der Waals surface area contributed by atoms with Crippen LogP contribution in [0.4, 0.5) is 5.69 Å². The number of esters is 2. The largest absolute Gasteiger partial charge is 0.468 e. The zero-order valence-corrected chi connectivity index (χ0v) is 22.5. The van der Waals surface area contributed by atoms with Gasteiger partial charge in [0.1, 0.15) is 5.40 Å². The Morgan fingerprint density at radius 1 is 0.973 bits per heavy atom. The van der Waals surface area contributed by atoms with Gasteiger partial charge in [-0.15, -0.1) is 0 Å². The van der Waals surface area contributed by atoms with Crippen molar-refractivity contribution in [1.29, 1.82) is 5.26 Å². The molecule has 1 aliphatic rings. The number of thiocyanates is 1. The van der Waals surface area contributed by atoms with Gasteiger partial charge in [-0.3, -0.25) is 24.4 Å². The summed E-state index contributed by atoms with van der Waals surface area (Å²) in [4.78, 5) is 35.7. The molecule has 0 amide bonds. The smallest absolute Gasteiger partial charge is 0.319 e. The zero-order valence-electron chi connectivity index (χ0n) is 20.9. The number of anilines is 1. The number of fused-ring (bicyclic) bond motifs is 2. The van der Waals surface area contributed by atoms with Gasteiger partial charge in [-0.1, -0.05) is 6.07 Å². The van der Waals surface area contributed by atoms with E-state index in [9.17, 15) is 9.59 Å². The molecule has 196 valence electrons. The average molecular weight is 543 g/mol. The molecular formula is C25H30N6O4S2. The van der Waals surface area contributed by atoms with Gasteiger partial charge in [0.15, 0.2) is 5.11 Å². The number of pyridine rings is 1. The number of methoxy groups -OCH3 is 2. The maximum atomic E-state index is 12.1. The van der Waals surface area contributed by atoms with Crippen molar-refractivity contribution in [2.24, 2.45) is 0 Å². The number of nitriles is 1. The fourth-order valence-corrected chi connectivity index (χ4v) is 4.46. The van der Waals surface area contributed by atoms with E-state index in [0.717, 1.165) is 33.7 Å². The third-order valence-electron chi connectivity index (χ3n) is 5.72. The second-order valence-corrected chi connectivity index (χ2v) is 9.57. The molecule has 2 bridgehead atoms. The number of carbonyl (C=O) groups excluding carboxylic acids is 2. The molecule has 1 aromatic carbocycles. The molecule has 1 aliphatic heterocycles. The van der Waals surface area contributed by atoms with Crippen LogP contribution in [-0.4, -0.2) is 90.2 Å². The van der Waals surface area contributed by atoms with E-state index in [2.05, 4.69) is 10.7 Å². The van der Waals surface area contributed by atoms with Crippen molar-refractivity contribution in [3.05, 3.63) is 53.9 Å². The van der Waals surface area contributed by atoms with Crippen molar-refractivity contribution in [3.63, 3.8) is 0 Å². The highest BCUT2D eigenvalue weighted by molar-refractivity contribution is 8.03. The lowest BCUT2D eigenvalue weighted by Crippen LogP contribution is -2.46. The fourth-order valence-electron chi connectivity index (χ4n) is 3.79. The van der Waals surface area contributed by atoms with E-state index in [4.69, 9.17) is 31.9 Å². The summed E-state index contributed by atoms with van der Waals surface area (Å²) < 4.78 is 9.80. The lowest BCUT2D eigenvalue weighted by atomic mass is 10.2. The summed E-state index contributed by atoms with van der Waals surface area (Å²) in [5.74, 6) is -0.648. The quantitative estimate of drug-likeness (QED) is 0.250. The number of hydrogen-bond donors (Lipinski definition) is 1. The SMILES string of the molecule is COC(=O)CN1CCN(C(=S)Nc2ccc(SC#N)cc2)CCN(CC(=O)OC)Cc2cccc(n2)C1. The first-order chi connectivity index (χ1) is 17.9. The van der Waals surface area contributed by atoms with Crippen LogP contribution in [-0.2, 0) is 32.2 Å². The number of hydrogen-bond acceptors (Lipinski definition) is 10. The van der Waals surface area contributed by atoms with Crippen LogP contribution in [0.15, 0.2) is 47.4 Å². The van der Waals surface area contributed by atoms with Gasteiger partial charge < -0.3 is 19.7 Å². The monoisotopic (exact) mass is 542 g/mol. The Balaban J connectivity index is 1.82. The predicted molar refractivity (Wildman–Crippen MR) is 145 cm³/mol. The normalized spacial score (nSPS) is 15.0.